The molecule has 0 amide bonds. The van der Waals surface area contributed by atoms with Gasteiger partial charge in [0.15, 0.2) is 0 Å². The molecule has 0 saturated heterocycles. The highest BCUT2D eigenvalue weighted by atomic mass is 16.5. The van der Waals surface area contributed by atoms with Crippen LogP contribution in [0.2, 0.25) is 0 Å². The first kappa shape index (κ1) is 23.8. The van der Waals surface area contributed by atoms with Gasteiger partial charge < -0.3 is 29.9 Å². The van der Waals surface area contributed by atoms with Gasteiger partial charge in [-0.15, -0.1) is 0 Å². The van der Waals surface area contributed by atoms with Gasteiger partial charge in [0, 0.05) is 12.8 Å². The summed E-state index contributed by atoms with van der Waals surface area (Å²) in [6.45, 7) is 4.93. The SMILES string of the molecule is CCC(=O)O.CCC(=O)O.OCCOCCOCCO. The van der Waals surface area contributed by atoms with Gasteiger partial charge in [-0.3, -0.25) is 9.59 Å². The van der Waals surface area contributed by atoms with Gasteiger partial charge in [0.2, 0.25) is 0 Å². The van der Waals surface area contributed by atoms with Crippen LogP contribution in [-0.4, -0.2) is 72.0 Å². The highest BCUT2D eigenvalue weighted by Crippen LogP contribution is 1.76. The van der Waals surface area contributed by atoms with E-state index >= 15 is 0 Å². The van der Waals surface area contributed by atoms with E-state index in [4.69, 9.17) is 29.9 Å². The van der Waals surface area contributed by atoms with E-state index in [0.29, 0.717) is 26.4 Å². The van der Waals surface area contributed by atoms with Crippen LogP contribution in [0.1, 0.15) is 26.7 Å². The lowest BCUT2D eigenvalue weighted by Crippen LogP contribution is -2.09. The second-order valence-electron chi connectivity index (χ2n) is 3.17. The van der Waals surface area contributed by atoms with E-state index in [0.717, 1.165) is 0 Å². The first-order valence-corrected chi connectivity index (χ1v) is 6.26. The number of carboxylic acid groups (broad SMARTS) is 2. The molecule has 4 N–H and O–H groups in total. The Morgan fingerprint density at radius 2 is 1.00 bits per heavy atom. The topological polar surface area (TPSA) is 134 Å². The maximum absolute atomic E-state index is 9.37. The van der Waals surface area contributed by atoms with Gasteiger partial charge in [-0.1, -0.05) is 13.8 Å². The van der Waals surface area contributed by atoms with Crippen LogP contribution in [0.5, 0.6) is 0 Å². The molecule has 8 nitrogen and oxygen atoms in total. The minimum atomic E-state index is -0.745. The number of aliphatic hydroxyl groups excluding tert-OH is 2. The normalized spacial score (nSPS) is 8.80. The number of hydrogen-bond acceptors (Lipinski definition) is 6. The van der Waals surface area contributed by atoms with Crippen molar-refractivity contribution in [1.29, 1.82) is 0 Å². The summed E-state index contributed by atoms with van der Waals surface area (Å²) in [6, 6.07) is 0. The largest absolute Gasteiger partial charge is 0.481 e. The first-order valence-electron chi connectivity index (χ1n) is 6.26. The van der Waals surface area contributed by atoms with Gasteiger partial charge in [-0.2, -0.15) is 0 Å². The van der Waals surface area contributed by atoms with Crippen LogP contribution >= 0.6 is 0 Å². The van der Waals surface area contributed by atoms with Crippen molar-refractivity contribution < 1.29 is 39.5 Å². The van der Waals surface area contributed by atoms with Crippen LogP contribution in [0.4, 0.5) is 0 Å². The Kier molecular flexibility index (Phi) is 27.3. The lowest BCUT2D eigenvalue weighted by atomic mass is 10.5. The standard InChI is InChI=1S/C6H14O4.2C3H6O2/c7-1-3-9-5-6-10-4-2-8;2*1-2-3(4)5/h7-8H,1-6H2;2*2H2,1H3,(H,4,5). The predicted molar refractivity (Wildman–Crippen MR) is 71.7 cm³/mol. The molecule has 0 unspecified atom stereocenters. The van der Waals surface area contributed by atoms with Crippen LogP contribution in [-0.2, 0) is 19.1 Å². The van der Waals surface area contributed by atoms with E-state index in [1.54, 1.807) is 13.8 Å². The molecule has 0 radical (unpaired) electrons. The van der Waals surface area contributed by atoms with Crippen LogP contribution in [0.25, 0.3) is 0 Å². The van der Waals surface area contributed by atoms with E-state index < -0.39 is 11.9 Å². The van der Waals surface area contributed by atoms with Crippen molar-refractivity contribution in [3.8, 4) is 0 Å². The molecule has 0 heterocycles. The highest BCUT2D eigenvalue weighted by molar-refractivity contribution is 5.66. The quantitative estimate of drug-likeness (QED) is 0.436. The Morgan fingerprint density at radius 3 is 1.15 bits per heavy atom. The Hall–Kier alpha value is -1.22. The second-order valence-corrected chi connectivity index (χ2v) is 3.17. The van der Waals surface area contributed by atoms with E-state index in [9.17, 15) is 9.59 Å². The van der Waals surface area contributed by atoms with E-state index in [-0.39, 0.29) is 26.1 Å². The van der Waals surface area contributed by atoms with E-state index in [1.165, 1.54) is 0 Å². The fraction of sp³-hybridized carbons (Fsp3) is 0.833. The zero-order valence-electron chi connectivity index (χ0n) is 12.1. The van der Waals surface area contributed by atoms with Gasteiger partial charge in [-0.05, 0) is 0 Å². The summed E-state index contributed by atoms with van der Waals surface area (Å²) < 4.78 is 9.75. The molecule has 20 heavy (non-hydrogen) atoms. The first-order chi connectivity index (χ1) is 9.45. The smallest absolute Gasteiger partial charge is 0.303 e. The van der Waals surface area contributed by atoms with Gasteiger partial charge >= 0.3 is 11.9 Å². The molecule has 8 heteroatoms. The summed E-state index contributed by atoms with van der Waals surface area (Å²) in [5, 5.41) is 32.0. The molecule has 0 aliphatic carbocycles. The van der Waals surface area contributed by atoms with Crippen molar-refractivity contribution in [1.82, 2.24) is 0 Å². The number of carbonyl (C=O) groups is 2. The third-order valence-corrected chi connectivity index (χ3v) is 1.45. The van der Waals surface area contributed by atoms with E-state index in [2.05, 4.69) is 0 Å². The number of hydrogen-bond donors (Lipinski definition) is 4. The average molecular weight is 298 g/mol. The Labute approximate surface area is 118 Å². The molecule has 0 aliphatic rings. The number of carboxylic acids is 2. The third-order valence-electron chi connectivity index (χ3n) is 1.45. The lowest BCUT2D eigenvalue weighted by Gasteiger charge is -2.01. The summed E-state index contributed by atoms with van der Waals surface area (Å²) in [5.74, 6) is -1.49. The highest BCUT2D eigenvalue weighted by Gasteiger charge is 1.86. The van der Waals surface area contributed by atoms with Crippen molar-refractivity contribution in [2.45, 2.75) is 26.7 Å². The fourth-order valence-electron chi connectivity index (χ4n) is 0.451. The Morgan fingerprint density at radius 1 is 0.750 bits per heavy atom. The van der Waals surface area contributed by atoms with Crippen molar-refractivity contribution >= 4 is 11.9 Å². The summed E-state index contributed by atoms with van der Waals surface area (Å²) in [4.78, 5) is 18.7. The summed E-state index contributed by atoms with van der Waals surface area (Å²) >= 11 is 0. The molecule has 0 aromatic heterocycles. The Balaban J connectivity index is -0.000000244. The molecule has 0 rings (SSSR count). The van der Waals surface area contributed by atoms with Crippen LogP contribution in [0, 0.1) is 0 Å². The second kappa shape index (κ2) is 22.9. The number of rotatable bonds is 9. The number of aliphatic carboxylic acids is 2. The summed E-state index contributed by atoms with van der Waals surface area (Å²) in [7, 11) is 0. The molecule has 0 atom stereocenters. The molecule has 0 saturated carbocycles. The lowest BCUT2D eigenvalue weighted by molar-refractivity contribution is -0.137. The van der Waals surface area contributed by atoms with Crippen molar-refractivity contribution in [2.75, 3.05) is 39.6 Å². The third kappa shape index (κ3) is 43.7. The minimum Gasteiger partial charge on any atom is -0.481 e. The van der Waals surface area contributed by atoms with Crippen molar-refractivity contribution in [2.24, 2.45) is 0 Å². The average Bonchev–Trinajstić information content (AvgIpc) is 2.44. The van der Waals surface area contributed by atoms with Crippen molar-refractivity contribution in [3.05, 3.63) is 0 Å². The molecule has 0 spiro atoms. The van der Waals surface area contributed by atoms with Gasteiger partial charge in [0.25, 0.3) is 0 Å². The molecule has 0 aromatic rings. The maximum Gasteiger partial charge on any atom is 0.303 e. The fourth-order valence-corrected chi connectivity index (χ4v) is 0.451. The van der Waals surface area contributed by atoms with Crippen molar-refractivity contribution in [3.63, 3.8) is 0 Å². The number of ether oxygens (including phenoxy) is 2. The molecular weight excluding hydrogens is 272 g/mol. The monoisotopic (exact) mass is 298 g/mol. The van der Waals surface area contributed by atoms with E-state index in [1.807, 2.05) is 0 Å². The van der Waals surface area contributed by atoms with Crippen LogP contribution in [0.15, 0.2) is 0 Å². The maximum atomic E-state index is 9.37. The molecular formula is C12H26O8. The molecule has 0 bridgehead atoms. The van der Waals surface area contributed by atoms with Gasteiger partial charge in [-0.25, -0.2) is 0 Å². The predicted octanol–water partition coefficient (Wildman–Crippen LogP) is -0.0338. The summed E-state index contributed by atoms with van der Waals surface area (Å²) in [6.07, 6.45) is 0.444. The Bertz CT molecular complexity index is 186. The minimum absolute atomic E-state index is 0.0417. The van der Waals surface area contributed by atoms with Gasteiger partial charge in [0.05, 0.1) is 39.6 Å². The summed E-state index contributed by atoms with van der Waals surface area (Å²) in [5.41, 5.74) is 0. The van der Waals surface area contributed by atoms with Crippen LogP contribution < -0.4 is 0 Å². The zero-order valence-corrected chi connectivity index (χ0v) is 12.1. The molecule has 0 aromatic carbocycles. The van der Waals surface area contributed by atoms with Gasteiger partial charge in [0.1, 0.15) is 0 Å². The molecule has 0 fully saturated rings. The zero-order chi connectivity index (χ0) is 16.2. The number of aliphatic hydroxyl groups is 2. The molecule has 122 valence electrons. The molecule has 0 aliphatic heterocycles. The van der Waals surface area contributed by atoms with Crippen LogP contribution in [0.3, 0.4) is 0 Å².